The molecule has 0 aromatic carbocycles. The van der Waals surface area contributed by atoms with E-state index in [1.54, 1.807) is 11.3 Å². The highest BCUT2D eigenvalue weighted by Crippen LogP contribution is 2.20. The van der Waals surface area contributed by atoms with E-state index in [0.717, 1.165) is 4.47 Å². The van der Waals surface area contributed by atoms with Crippen molar-refractivity contribution in [3.63, 3.8) is 0 Å². The maximum absolute atomic E-state index is 5.57. The molecule has 0 bridgehead atoms. The lowest BCUT2D eigenvalue weighted by atomic mass is 10.5. The summed E-state index contributed by atoms with van der Waals surface area (Å²) in [7, 11) is 0. The third-order valence-electron chi connectivity index (χ3n) is 1.81. The molecule has 86 valence electrons. The van der Waals surface area contributed by atoms with Gasteiger partial charge in [-0.3, -0.25) is 0 Å². The fourth-order valence-corrected chi connectivity index (χ4v) is 2.67. The van der Waals surface area contributed by atoms with Crippen LogP contribution in [-0.4, -0.2) is 16.1 Å². The molecule has 0 amide bonds. The van der Waals surface area contributed by atoms with Crippen LogP contribution in [0.3, 0.4) is 0 Å². The third-order valence-corrected chi connectivity index (χ3v) is 3.70. The van der Waals surface area contributed by atoms with Crippen LogP contribution in [-0.2, 0) is 13.0 Å². The van der Waals surface area contributed by atoms with Gasteiger partial charge in [0.15, 0.2) is 0 Å². The molecule has 0 atom stereocenters. The predicted octanol–water partition coefficient (Wildman–Crippen LogP) is 3.29. The van der Waals surface area contributed by atoms with Crippen molar-refractivity contribution in [1.29, 1.82) is 0 Å². The van der Waals surface area contributed by atoms with Gasteiger partial charge >= 0.3 is 6.01 Å². The number of alkyl halides is 1. The molecule has 0 saturated heterocycles. The van der Waals surface area contributed by atoms with Crippen LogP contribution < -0.4 is 5.32 Å². The lowest BCUT2D eigenvalue weighted by Crippen LogP contribution is -1.97. The Bertz CT molecular complexity index is 459. The zero-order chi connectivity index (χ0) is 11.4. The first-order valence-electron chi connectivity index (χ1n) is 4.63. The van der Waals surface area contributed by atoms with Gasteiger partial charge in [0.25, 0.3) is 0 Å². The molecule has 7 heteroatoms. The Morgan fingerprint density at radius 2 is 2.38 bits per heavy atom. The van der Waals surface area contributed by atoms with E-state index < -0.39 is 0 Å². The molecule has 0 aliphatic rings. The second-order valence-electron chi connectivity index (χ2n) is 3.02. The molecule has 0 spiro atoms. The second kappa shape index (κ2) is 5.65. The molecule has 0 saturated carbocycles. The Labute approximate surface area is 110 Å². The maximum atomic E-state index is 5.57. The Kier molecular flexibility index (Phi) is 4.20. The Hall–Kier alpha value is -0.590. The van der Waals surface area contributed by atoms with Gasteiger partial charge in [0.05, 0.1) is 6.54 Å². The van der Waals surface area contributed by atoms with Gasteiger partial charge in [-0.05, 0) is 22.0 Å². The zero-order valence-electron chi connectivity index (χ0n) is 8.24. The molecular formula is C9H9BrClN3OS. The molecule has 0 fully saturated rings. The summed E-state index contributed by atoms with van der Waals surface area (Å²) >= 11 is 10.6. The fraction of sp³-hybridized carbons (Fsp3) is 0.333. The summed E-state index contributed by atoms with van der Waals surface area (Å²) in [6, 6.07) is 2.48. The number of nitrogens with one attached hydrogen (secondary N) is 1. The van der Waals surface area contributed by atoms with Crippen molar-refractivity contribution in [1.82, 2.24) is 10.2 Å². The molecule has 2 rings (SSSR count). The number of hydrogen-bond donors (Lipinski definition) is 1. The number of aromatic nitrogens is 2. The van der Waals surface area contributed by atoms with Crippen molar-refractivity contribution in [2.45, 2.75) is 13.0 Å². The normalized spacial score (nSPS) is 10.6. The Morgan fingerprint density at radius 3 is 3.06 bits per heavy atom. The number of rotatable bonds is 5. The van der Waals surface area contributed by atoms with Crippen molar-refractivity contribution in [2.75, 3.05) is 11.2 Å². The standard InChI is InChI=1S/C9H9BrClN3OS/c10-6-3-7(16-5-6)4-12-9-14-13-8(15-9)1-2-11/h3,5H,1-2,4H2,(H,12,14). The first kappa shape index (κ1) is 11.9. The van der Waals surface area contributed by atoms with Crippen molar-refractivity contribution >= 4 is 44.9 Å². The Balaban J connectivity index is 1.89. The highest BCUT2D eigenvalue weighted by Gasteiger charge is 2.05. The van der Waals surface area contributed by atoms with Gasteiger partial charge in [-0.15, -0.1) is 28.0 Å². The van der Waals surface area contributed by atoms with Gasteiger partial charge in [0, 0.05) is 27.0 Å². The van der Waals surface area contributed by atoms with Crippen LogP contribution in [0.2, 0.25) is 0 Å². The highest BCUT2D eigenvalue weighted by atomic mass is 79.9. The maximum Gasteiger partial charge on any atom is 0.315 e. The molecule has 2 heterocycles. The van der Waals surface area contributed by atoms with E-state index in [0.29, 0.717) is 30.8 Å². The number of nitrogens with zero attached hydrogens (tertiary/aromatic N) is 2. The summed E-state index contributed by atoms with van der Waals surface area (Å²) < 4.78 is 6.41. The molecular weight excluding hydrogens is 314 g/mol. The molecule has 2 aromatic heterocycles. The largest absolute Gasteiger partial charge is 0.408 e. The molecule has 0 aliphatic carbocycles. The summed E-state index contributed by atoms with van der Waals surface area (Å²) in [6.07, 6.45) is 0.598. The fourth-order valence-electron chi connectivity index (χ4n) is 1.12. The number of aryl methyl sites for hydroxylation is 1. The molecule has 0 unspecified atom stereocenters. The van der Waals surface area contributed by atoms with E-state index in [4.69, 9.17) is 16.0 Å². The van der Waals surface area contributed by atoms with Crippen molar-refractivity contribution < 1.29 is 4.42 Å². The van der Waals surface area contributed by atoms with Gasteiger partial charge in [-0.25, -0.2) is 0 Å². The summed E-state index contributed by atoms with van der Waals surface area (Å²) in [6.45, 7) is 0.679. The van der Waals surface area contributed by atoms with Crippen LogP contribution in [0.4, 0.5) is 6.01 Å². The van der Waals surface area contributed by atoms with Crippen LogP contribution in [0.25, 0.3) is 0 Å². The van der Waals surface area contributed by atoms with E-state index in [-0.39, 0.29) is 0 Å². The third kappa shape index (κ3) is 3.20. The minimum absolute atomic E-state index is 0.435. The molecule has 1 N–H and O–H groups in total. The summed E-state index contributed by atoms with van der Waals surface area (Å²) in [5.41, 5.74) is 0. The number of halogens is 2. The van der Waals surface area contributed by atoms with Gasteiger partial charge in [-0.2, -0.15) is 0 Å². The SMILES string of the molecule is ClCCc1nnc(NCc2cc(Br)cs2)o1. The minimum atomic E-state index is 0.435. The second-order valence-corrected chi connectivity index (χ2v) is 5.31. The molecule has 16 heavy (non-hydrogen) atoms. The van der Waals surface area contributed by atoms with E-state index in [1.165, 1.54) is 4.88 Å². The lowest BCUT2D eigenvalue weighted by molar-refractivity contribution is 0.512. The summed E-state index contributed by atoms with van der Waals surface area (Å²) in [5.74, 6) is 1.05. The monoisotopic (exact) mass is 321 g/mol. The number of thiophene rings is 1. The van der Waals surface area contributed by atoms with Crippen LogP contribution >= 0.6 is 38.9 Å². The van der Waals surface area contributed by atoms with Crippen LogP contribution in [0, 0.1) is 0 Å². The minimum Gasteiger partial charge on any atom is -0.408 e. The highest BCUT2D eigenvalue weighted by molar-refractivity contribution is 9.10. The predicted molar refractivity (Wildman–Crippen MR) is 68.1 cm³/mol. The smallest absolute Gasteiger partial charge is 0.315 e. The van der Waals surface area contributed by atoms with E-state index in [9.17, 15) is 0 Å². The van der Waals surface area contributed by atoms with Gasteiger partial charge < -0.3 is 9.73 Å². The number of anilines is 1. The lowest BCUT2D eigenvalue weighted by Gasteiger charge is -1.96. The van der Waals surface area contributed by atoms with Gasteiger partial charge in [0.2, 0.25) is 5.89 Å². The molecule has 0 radical (unpaired) electrons. The van der Waals surface area contributed by atoms with Gasteiger partial charge in [-0.1, -0.05) is 5.10 Å². The van der Waals surface area contributed by atoms with Crippen molar-refractivity contribution in [2.24, 2.45) is 0 Å². The average molecular weight is 323 g/mol. The Morgan fingerprint density at radius 1 is 1.50 bits per heavy atom. The van der Waals surface area contributed by atoms with Gasteiger partial charge in [0.1, 0.15) is 0 Å². The van der Waals surface area contributed by atoms with E-state index in [1.807, 2.05) is 11.4 Å². The molecule has 4 nitrogen and oxygen atoms in total. The first-order chi connectivity index (χ1) is 7.78. The van der Waals surface area contributed by atoms with Crippen LogP contribution in [0.1, 0.15) is 10.8 Å². The topological polar surface area (TPSA) is 51.0 Å². The van der Waals surface area contributed by atoms with E-state index >= 15 is 0 Å². The van der Waals surface area contributed by atoms with Crippen LogP contribution in [0.15, 0.2) is 20.3 Å². The quantitative estimate of drug-likeness (QED) is 0.858. The summed E-state index contributed by atoms with van der Waals surface area (Å²) in [4.78, 5) is 1.20. The van der Waals surface area contributed by atoms with E-state index in [2.05, 4.69) is 31.4 Å². The summed E-state index contributed by atoms with van der Waals surface area (Å²) in [5, 5.41) is 12.8. The van der Waals surface area contributed by atoms with Crippen molar-refractivity contribution in [3.05, 3.63) is 26.7 Å². The number of hydrogen-bond acceptors (Lipinski definition) is 5. The van der Waals surface area contributed by atoms with Crippen LogP contribution in [0.5, 0.6) is 0 Å². The zero-order valence-corrected chi connectivity index (χ0v) is 11.4. The van der Waals surface area contributed by atoms with Crippen molar-refractivity contribution in [3.8, 4) is 0 Å². The molecule has 2 aromatic rings. The molecule has 0 aliphatic heterocycles. The first-order valence-corrected chi connectivity index (χ1v) is 6.84. The average Bonchev–Trinajstić information content (AvgIpc) is 2.85.